The minimum Gasteiger partial charge on any atom is -0.412 e. The number of nitrogens with one attached hydrogen (secondary N) is 1. The molecule has 2 saturated heterocycles. The highest BCUT2D eigenvalue weighted by atomic mass is 79.9. The Morgan fingerprint density at radius 3 is 1.01 bits per heavy atom. The number of halogens is 1. The minimum atomic E-state index is -4.29. The van der Waals surface area contributed by atoms with Crippen molar-refractivity contribution in [2.75, 3.05) is 135 Å². The number of aryl methyl sites for hydroxylation is 5. The van der Waals surface area contributed by atoms with E-state index >= 15 is 0 Å². The summed E-state index contributed by atoms with van der Waals surface area (Å²) in [5.74, 6) is 0.0733. The van der Waals surface area contributed by atoms with Crippen LogP contribution >= 0.6 is 66.4 Å². The first-order chi connectivity index (χ1) is 63.5. The highest BCUT2D eigenvalue weighted by Gasteiger charge is 2.31. The lowest BCUT2D eigenvalue weighted by Gasteiger charge is -2.27. The predicted molar refractivity (Wildman–Crippen MR) is 544 cm³/mol. The average Bonchev–Trinajstić information content (AvgIpc) is 0.845. The number of ether oxygens (including phenoxy) is 7. The molecule has 7 aromatic heterocycles. The van der Waals surface area contributed by atoms with Crippen LogP contribution in [0.3, 0.4) is 0 Å². The van der Waals surface area contributed by atoms with E-state index in [1.54, 1.807) is 199 Å². The van der Waals surface area contributed by atoms with Crippen LogP contribution in [-0.4, -0.2) is 272 Å². The molecule has 2 unspecified atom stereocenters. The summed E-state index contributed by atoms with van der Waals surface area (Å²) in [7, 11) is -19.3. The van der Waals surface area contributed by atoms with Crippen LogP contribution in [0.4, 0.5) is 11.6 Å². The third-order valence-corrected chi connectivity index (χ3v) is 23.8. The summed E-state index contributed by atoms with van der Waals surface area (Å²) in [5.41, 5.74) is 6.61. The number of benzene rings is 1. The Morgan fingerprint density at radius 1 is 0.468 bits per heavy atom. The molecule has 2 aliphatic rings. The molecule has 8 aromatic rings. The number of aromatic nitrogens is 14. The Bertz CT molecular complexity index is 5430. The van der Waals surface area contributed by atoms with Gasteiger partial charge < -0.3 is 103 Å². The monoisotopic (exact) mass is 2180 g/mol. The van der Waals surface area contributed by atoms with E-state index in [0.717, 1.165) is 19.3 Å². The van der Waals surface area contributed by atoms with E-state index in [9.17, 15) is 70.3 Å². The molecule has 46 nitrogen and oxygen atoms in total. The van der Waals surface area contributed by atoms with Gasteiger partial charge in [0.05, 0.1) is 122 Å². The molecule has 2 fully saturated rings. The fourth-order valence-corrected chi connectivity index (χ4v) is 15.4. The van der Waals surface area contributed by atoms with Crippen molar-refractivity contribution < 1.29 is 104 Å². The lowest BCUT2D eigenvalue weighted by atomic mass is 10.2. The van der Waals surface area contributed by atoms with Crippen molar-refractivity contribution in [3.63, 3.8) is 0 Å². The molecule has 55 heteroatoms. The molecular formula is C84H143BrN17O29P7Si. The standard InChI is InChI=1S/C18H24N3O4P.2C12H21N2O3P.C11H20N3O3P.C10H15N2O4P.C9H15N2O6P.C9H13N2O5P.C3H9BrSi.H3N.H2O/c1-4-15(25-13-26(2,3)24)12-21-11-10-16(20-18(21)23)19-17(22)14-8-6-5-7-9-14;2*1-5-11(17-9-18(3,4)16)8-14-7-6-10(2)13-12(14)15;1-4-9(17-8-18(2,3)16)7-14-6-5-10(12)13-11(14)15;1-8-3-4-12(10(13)11-8)5-9-6-16-17(2,14)7-15-9;1-7-2-3-11(9(13)10-7)4-8(5-12)17-6-18(14,15)16;1-7-2-3-11(9(12)10-7)4-8-5-16-17(13,14)6-15-8;1-5(2,3)4;;/h5-11,15H,4,12-13H2,1-3H3,(H,19,20,22,23);2*6-7,11H,5,8-9H2,1-4H3;5-6,9H,4,7-8H2,1-3H3,(H2,12,13,15);3-4,9H,5-7H2,1-2H3;2-3,8,12H,4-6H2,1H3,(H2,14,15,16);2-3,8H,4-6H2,1H3,(H,13,14);1-3H3;1H3;1H2/t15-;2*11-;9-;9-,17?;2*8-;;;/m1111000.../s1. The van der Waals surface area contributed by atoms with Gasteiger partial charge in [0.25, 0.3) is 5.91 Å². The summed E-state index contributed by atoms with van der Waals surface area (Å²) in [6, 6.07) is 20.5. The van der Waals surface area contributed by atoms with E-state index < -0.39 is 100 Å². The summed E-state index contributed by atoms with van der Waals surface area (Å²) >= 11 is 3.51. The lowest BCUT2D eigenvalue weighted by Crippen LogP contribution is -2.34. The number of hydrogen-bond donors (Lipinski definition) is 7. The number of aliphatic hydroxyl groups is 1. The first kappa shape index (κ1) is 129. The average molecular weight is 2180 g/mol. The molecule has 1 aromatic carbocycles. The van der Waals surface area contributed by atoms with Gasteiger partial charge >= 0.3 is 55.0 Å². The van der Waals surface area contributed by atoms with Gasteiger partial charge in [-0.2, -0.15) is 34.9 Å². The van der Waals surface area contributed by atoms with Gasteiger partial charge in [-0.25, -0.2) is 33.6 Å². The largest absolute Gasteiger partial charge is 0.412 e. The smallest absolute Gasteiger partial charge is 0.353 e. The molecule has 9 atom stereocenters. The fourth-order valence-electron chi connectivity index (χ4n) is 10.8. The topological polar surface area (TPSA) is 649 Å². The van der Waals surface area contributed by atoms with Gasteiger partial charge in [-0.15, -0.1) is 15.3 Å². The lowest BCUT2D eigenvalue weighted by molar-refractivity contribution is -0.00861. The van der Waals surface area contributed by atoms with Crippen molar-refractivity contribution in [2.24, 2.45) is 0 Å². The van der Waals surface area contributed by atoms with E-state index in [1.807, 2.05) is 33.8 Å². The van der Waals surface area contributed by atoms with Gasteiger partial charge in [0.15, 0.2) is 0 Å². The van der Waals surface area contributed by atoms with Crippen molar-refractivity contribution in [1.29, 1.82) is 0 Å². The highest BCUT2D eigenvalue weighted by molar-refractivity contribution is 9.26. The highest BCUT2D eigenvalue weighted by Crippen LogP contribution is 2.47. The first-order valence-corrected chi connectivity index (χ1v) is 66.2. The molecule has 0 spiro atoms. The number of rotatable bonds is 36. The van der Waals surface area contributed by atoms with Crippen LogP contribution in [0.2, 0.25) is 19.6 Å². The van der Waals surface area contributed by atoms with Gasteiger partial charge in [0, 0.05) is 84.1 Å². The number of amides is 1. The fraction of sp³-hybridized carbons (Fsp3) is 0.583. The molecule has 2 aliphatic heterocycles. The Kier molecular flexibility index (Phi) is 57.8. The normalized spacial score (nSPS) is 16.9. The summed E-state index contributed by atoms with van der Waals surface area (Å²) in [4.78, 5) is 147. The zero-order valence-electron chi connectivity index (χ0n) is 83.0. The number of hydrogen-bond acceptors (Lipinski definition) is 34. The van der Waals surface area contributed by atoms with Crippen LogP contribution in [0.15, 0.2) is 150 Å². The van der Waals surface area contributed by atoms with Gasteiger partial charge in [-0.1, -0.05) is 65.5 Å². The third kappa shape index (κ3) is 58.7. The number of carbonyl (C=O) groups excluding carboxylic acids is 1. The summed E-state index contributed by atoms with van der Waals surface area (Å²) in [6.07, 6.45) is 12.0. The number of nitrogens with two attached hydrogens (primary N) is 1. The van der Waals surface area contributed by atoms with Crippen molar-refractivity contribution >= 4 is 90.7 Å². The van der Waals surface area contributed by atoms with E-state index in [2.05, 4.69) is 75.1 Å². The summed E-state index contributed by atoms with van der Waals surface area (Å²) in [6.45, 7) is 39.5. The Labute approximate surface area is 818 Å². The van der Waals surface area contributed by atoms with Crippen molar-refractivity contribution in [3.8, 4) is 0 Å². The minimum absolute atomic E-state index is 0. The molecule has 1 amide bonds. The first-order valence-electron chi connectivity index (χ1n) is 43.4. The van der Waals surface area contributed by atoms with Crippen molar-refractivity contribution in [3.05, 3.63) is 224 Å². The molecule has 0 aliphatic carbocycles. The molecule has 12 N–H and O–H groups in total. The maximum absolute atomic E-state index is 12.2. The van der Waals surface area contributed by atoms with Crippen molar-refractivity contribution in [1.82, 2.24) is 73.0 Å². The Hall–Kier alpha value is -7.64. The second kappa shape index (κ2) is 62.1. The van der Waals surface area contributed by atoms with Crippen LogP contribution in [0, 0.1) is 34.6 Å². The number of nitrogens with zero attached hydrogens (tertiary/aromatic N) is 14. The zero-order valence-corrected chi connectivity index (χ0v) is 91.8. The molecule has 784 valence electrons. The molecule has 0 radical (unpaired) electrons. The van der Waals surface area contributed by atoms with Crippen LogP contribution in [0.25, 0.3) is 0 Å². The Morgan fingerprint density at radius 2 is 0.748 bits per heavy atom. The molecule has 139 heavy (non-hydrogen) atoms. The molecule has 10 rings (SSSR count). The van der Waals surface area contributed by atoms with E-state index in [0.29, 0.717) is 73.2 Å². The van der Waals surface area contributed by atoms with Gasteiger partial charge in [-0.05, 0) is 168 Å². The van der Waals surface area contributed by atoms with E-state index in [1.165, 1.54) is 38.2 Å². The van der Waals surface area contributed by atoms with Crippen LogP contribution in [-0.2, 0) is 120 Å². The van der Waals surface area contributed by atoms with Gasteiger partial charge in [0.2, 0.25) is 7.37 Å². The number of aliphatic hydroxyl groups excluding tert-OH is 1. The molecule has 9 heterocycles. The van der Waals surface area contributed by atoms with Crippen LogP contribution in [0.1, 0.15) is 92.2 Å². The zero-order chi connectivity index (χ0) is 104. The third-order valence-electron chi connectivity index (χ3n) is 17.9. The summed E-state index contributed by atoms with van der Waals surface area (Å²) in [5, 5.41) is 11.6. The Balaban J connectivity index is 0.000000805. The SMILES string of the molecule is CC[C@H](Cn1ccc(C)nc1=O)OCP(C)(C)=O.CC[C@H](Cn1ccc(C)nc1=O)OCP(C)(C)=O.CC[C@H](Cn1ccc(N)nc1=O)OCP(C)(C)=O.CC[C@H](Cn1ccc(NC(=O)c2ccccc2)nc1=O)OCP(C)(C)=O.C[Si](C)(C)Br.Cc1ccn(C[C@@H](CO)OCP(=O)(O)O)c(=O)n1.Cc1ccn(C[C@H]2COP(=O)(O)CO2)c(=O)n1.Cc1ccn(C[C@H]2COP(C)(=O)CO2)c(=O)n1.N.O. The molecule has 0 saturated carbocycles. The second-order valence-corrected chi connectivity index (χ2v) is 65.7. The number of nitrogen functional groups attached to an aromatic ring is 1. The molecular weight excluding hydrogens is 2040 g/mol. The number of carbonyl (C=O) groups is 1. The maximum Gasteiger partial charge on any atom is 0.353 e. The van der Waals surface area contributed by atoms with E-state index in [4.69, 9.17) is 67.7 Å². The number of anilines is 2. The molecule has 0 bridgehead atoms. The van der Waals surface area contributed by atoms with E-state index in [-0.39, 0.29) is 147 Å². The second-order valence-electron chi connectivity index (χ2n) is 34.9. The van der Waals surface area contributed by atoms with Crippen LogP contribution in [0.5, 0.6) is 0 Å². The van der Waals surface area contributed by atoms with Gasteiger partial charge in [0.1, 0.15) is 78.1 Å². The maximum atomic E-state index is 12.2. The van der Waals surface area contributed by atoms with Crippen LogP contribution < -0.4 is 57.0 Å². The quantitative estimate of drug-likeness (QED) is 0.0109. The predicted octanol–water partition coefficient (Wildman–Crippen LogP) is 9.49. The summed E-state index contributed by atoms with van der Waals surface area (Å²) < 4.78 is 137. The van der Waals surface area contributed by atoms with Crippen molar-refractivity contribution in [2.45, 2.75) is 196 Å². The van der Waals surface area contributed by atoms with Gasteiger partial charge in [-0.3, -0.25) is 50.5 Å².